The molecule has 26 heavy (non-hydrogen) atoms. The summed E-state index contributed by atoms with van der Waals surface area (Å²) in [6, 6.07) is 9.85. The van der Waals surface area contributed by atoms with Crippen molar-refractivity contribution in [2.75, 3.05) is 19.5 Å². The number of fused-ring (bicyclic) bond motifs is 1. The third-order valence-electron chi connectivity index (χ3n) is 3.74. The molecule has 1 N–H and O–H groups in total. The first-order valence-electron chi connectivity index (χ1n) is 7.68. The molecule has 0 saturated carbocycles. The minimum Gasteiger partial charge on any atom is -0.497 e. The van der Waals surface area contributed by atoms with Crippen LogP contribution in [0.15, 0.2) is 47.5 Å². The van der Waals surface area contributed by atoms with Gasteiger partial charge < -0.3 is 14.8 Å². The maximum Gasteiger partial charge on any atom is 0.261 e. The number of halogens is 1. The van der Waals surface area contributed by atoms with Crippen molar-refractivity contribution in [3.63, 3.8) is 0 Å². The van der Waals surface area contributed by atoms with E-state index in [9.17, 15) is 9.59 Å². The molecule has 0 spiro atoms. The van der Waals surface area contributed by atoms with Gasteiger partial charge in [-0.3, -0.25) is 14.2 Å². The Kier molecular flexibility index (Phi) is 5.09. The van der Waals surface area contributed by atoms with Crippen molar-refractivity contribution in [1.82, 2.24) is 9.55 Å². The van der Waals surface area contributed by atoms with Gasteiger partial charge in [0.2, 0.25) is 5.91 Å². The number of hydrogen-bond acceptors (Lipinski definition) is 5. The van der Waals surface area contributed by atoms with Gasteiger partial charge in [0.25, 0.3) is 5.56 Å². The van der Waals surface area contributed by atoms with Crippen molar-refractivity contribution in [1.29, 1.82) is 0 Å². The van der Waals surface area contributed by atoms with Gasteiger partial charge in [0, 0.05) is 28.9 Å². The van der Waals surface area contributed by atoms with Crippen LogP contribution in [0.2, 0.25) is 5.02 Å². The number of nitrogens with one attached hydrogen (secondary N) is 1. The van der Waals surface area contributed by atoms with E-state index in [4.69, 9.17) is 21.1 Å². The number of ether oxygens (including phenoxy) is 2. The number of hydrogen-bond donors (Lipinski definition) is 1. The Labute approximate surface area is 154 Å². The fourth-order valence-electron chi connectivity index (χ4n) is 2.48. The topological polar surface area (TPSA) is 82.5 Å². The van der Waals surface area contributed by atoms with Crippen molar-refractivity contribution in [3.05, 3.63) is 58.1 Å². The molecule has 0 saturated heterocycles. The number of benzene rings is 2. The van der Waals surface area contributed by atoms with E-state index in [0.29, 0.717) is 33.1 Å². The summed E-state index contributed by atoms with van der Waals surface area (Å²) in [7, 11) is 3.04. The SMILES string of the molecule is COc1cc(NC(=O)Cn2cnc3ccc(Cl)cc3c2=O)cc(OC)c1. The Bertz CT molecular complexity index is 1010. The number of aromatic nitrogens is 2. The quantitative estimate of drug-likeness (QED) is 0.743. The summed E-state index contributed by atoms with van der Waals surface area (Å²) in [6.45, 7) is -0.187. The van der Waals surface area contributed by atoms with E-state index in [1.807, 2.05) is 0 Å². The highest BCUT2D eigenvalue weighted by Crippen LogP contribution is 2.25. The van der Waals surface area contributed by atoms with Crippen molar-refractivity contribution in [3.8, 4) is 11.5 Å². The maximum absolute atomic E-state index is 12.5. The van der Waals surface area contributed by atoms with Gasteiger partial charge in [0.1, 0.15) is 18.0 Å². The predicted molar refractivity (Wildman–Crippen MR) is 99.2 cm³/mol. The smallest absolute Gasteiger partial charge is 0.261 e. The average Bonchev–Trinajstić information content (AvgIpc) is 2.64. The number of methoxy groups -OCH3 is 2. The summed E-state index contributed by atoms with van der Waals surface area (Å²) in [5.74, 6) is 0.697. The number of carbonyl (C=O) groups excluding carboxylic acids is 1. The van der Waals surface area contributed by atoms with Crippen LogP contribution in [-0.2, 0) is 11.3 Å². The van der Waals surface area contributed by atoms with Crippen molar-refractivity contribution < 1.29 is 14.3 Å². The number of rotatable bonds is 5. The summed E-state index contributed by atoms with van der Waals surface area (Å²) in [4.78, 5) is 29.0. The normalized spacial score (nSPS) is 10.6. The molecule has 3 rings (SSSR count). The Morgan fingerprint density at radius 1 is 1.15 bits per heavy atom. The Morgan fingerprint density at radius 2 is 1.85 bits per heavy atom. The molecule has 134 valence electrons. The first-order valence-corrected chi connectivity index (χ1v) is 8.05. The molecule has 3 aromatic rings. The lowest BCUT2D eigenvalue weighted by molar-refractivity contribution is -0.116. The zero-order valence-corrected chi connectivity index (χ0v) is 14.9. The van der Waals surface area contributed by atoms with Crippen LogP contribution in [0.25, 0.3) is 10.9 Å². The second-order valence-electron chi connectivity index (χ2n) is 5.49. The van der Waals surface area contributed by atoms with E-state index in [2.05, 4.69) is 10.3 Å². The van der Waals surface area contributed by atoms with Crippen LogP contribution in [-0.4, -0.2) is 29.7 Å². The lowest BCUT2D eigenvalue weighted by Crippen LogP contribution is -2.27. The molecule has 0 bridgehead atoms. The molecule has 0 aliphatic heterocycles. The molecule has 0 unspecified atom stereocenters. The molecule has 2 aromatic carbocycles. The number of amides is 1. The van der Waals surface area contributed by atoms with Crippen LogP contribution >= 0.6 is 11.6 Å². The van der Waals surface area contributed by atoms with Crippen molar-refractivity contribution in [2.24, 2.45) is 0 Å². The van der Waals surface area contributed by atoms with Gasteiger partial charge in [-0.15, -0.1) is 0 Å². The molecule has 0 radical (unpaired) electrons. The zero-order valence-electron chi connectivity index (χ0n) is 14.2. The van der Waals surface area contributed by atoms with Crippen LogP contribution in [0.1, 0.15) is 0 Å². The number of anilines is 1. The monoisotopic (exact) mass is 373 g/mol. The second kappa shape index (κ2) is 7.45. The van der Waals surface area contributed by atoms with Crippen molar-refractivity contribution >= 4 is 34.1 Å². The van der Waals surface area contributed by atoms with Gasteiger partial charge in [-0.25, -0.2) is 4.98 Å². The van der Waals surface area contributed by atoms with E-state index < -0.39 is 0 Å². The molecular weight excluding hydrogens is 358 g/mol. The van der Waals surface area contributed by atoms with Gasteiger partial charge in [0.15, 0.2) is 0 Å². The highest BCUT2D eigenvalue weighted by atomic mass is 35.5. The van der Waals surface area contributed by atoms with Gasteiger partial charge in [-0.05, 0) is 18.2 Å². The van der Waals surface area contributed by atoms with Gasteiger partial charge >= 0.3 is 0 Å². The van der Waals surface area contributed by atoms with E-state index in [1.54, 1.807) is 30.3 Å². The lowest BCUT2D eigenvalue weighted by atomic mass is 10.2. The van der Waals surface area contributed by atoms with Crippen LogP contribution in [0.5, 0.6) is 11.5 Å². The summed E-state index contributed by atoms with van der Waals surface area (Å²) >= 11 is 5.93. The third-order valence-corrected chi connectivity index (χ3v) is 3.97. The van der Waals surface area contributed by atoms with Gasteiger partial charge in [0.05, 0.1) is 31.4 Å². The van der Waals surface area contributed by atoms with E-state index in [-0.39, 0.29) is 18.0 Å². The molecule has 0 aliphatic rings. The Balaban J connectivity index is 1.83. The number of carbonyl (C=O) groups is 1. The average molecular weight is 374 g/mol. The fraction of sp³-hybridized carbons (Fsp3) is 0.167. The van der Waals surface area contributed by atoms with Crippen LogP contribution < -0.4 is 20.3 Å². The highest BCUT2D eigenvalue weighted by molar-refractivity contribution is 6.31. The highest BCUT2D eigenvalue weighted by Gasteiger charge is 2.10. The molecule has 1 amide bonds. The second-order valence-corrected chi connectivity index (χ2v) is 5.93. The summed E-state index contributed by atoms with van der Waals surface area (Å²) in [5.41, 5.74) is 0.681. The maximum atomic E-state index is 12.5. The molecule has 1 heterocycles. The van der Waals surface area contributed by atoms with E-state index in [0.717, 1.165) is 0 Å². The molecule has 7 nitrogen and oxygen atoms in total. The minimum atomic E-state index is -0.384. The molecule has 1 aromatic heterocycles. The minimum absolute atomic E-state index is 0.187. The fourth-order valence-corrected chi connectivity index (χ4v) is 2.65. The first kappa shape index (κ1) is 17.8. The van der Waals surface area contributed by atoms with Crippen LogP contribution in [0.4, 0.5) is 5.69 Å². The summed E-state index contributed by atoms with van der Waals surface area (Å²) in [6.07, 6.45) is 1.34. The predicted octanol–water partition coefficient (Wildman–Crippen LogP) is 2.71. The number of nitrogens with zero attached hydrogens (tertiary/aromatic N) is 2. The lowest BCUT2D eigenvalue weighted by Gasteiger charge is -2.11. The third kappa shape index (κ3) is 3.78. The molecule has 0 fully saturated rings. The zero-order chi connectivity index (χ0) is 18.7. The molecular formula is C18H16ClN3O4. The Hall–Kier alpha value is -3.06. The van der Waals surface area contributed by atoms with Gasteiger partial charge in [-0.1, -0.05) is 11.6 Å². The van der Waals surface area contributed by atoms with Gasteiger partial charge in [-0.2, -0.15) is 0 Å². The van der Waals surface area contributed by atoms with Crippen LogP contribution in [0, 0.1) is 0 Å². The first-order chi connectivity index (χ1) is 12.5. The molecule has 0 atom stereocenters. The molecule has 8 heteroatoms. The molecule has 0 aliphatic carbocycles. The Morgan fingerprint density at radius 3 is 2.50 bits per heavy atom. The summed E-state index contributed by atoms with van der Waals surface area (Å²) < 4.78 is 11.6. The largest absolute Gasteiger partial charge is 0.497 e. The standard InChI is InChI=1S/C18H16ClN3O4/c1-25-13-6-12(7-14(8-13)26-2)21-17(23)9-22-10-20-16-4-3-11(19)5-15(16)18(22)24/h3-8,10H,9H2,1-2H3,(H,21,23). The van der Waals surface area contributed by atoms with E-state index in [1.165, 1.54) is 31.2 Å². The van der Waals surface area contributed by atoms with E-state index >= 15 is 0 Å². The van der Waals surface area contributed by atoms with Crippen molar-refractivity contribution in [2.45, 2.75) is 6.54 Å². The van der Waals surface area contributed by atoms with Crippen LogP contribution in [0.3, 0.4) is 0 Å². The summed E-state index contributed by atoms with van der Waals surface area (Å²) in [5, 5.41) is 3.50.